The average molecular weight is 275 g/mol. The van der Waals surface area contributed by atoms with Crippen LogP contribution < -0.4 is 10.2 Å². The van der Waals surface area contributed by atoms with Crippen molar-refractivity contribution in [2.75, 3.05) is 37.7 Å². The quantitative estimate of drug-likeness (QED) is 0.583. The Morgan fingerprint density at radius 3 is 2.90 bits per heavy atom. The van der Waals surface area contributed by atoms with Crippen LogP contribution in [0.2, 0.25) is 0 Å². The van der Waals surface area contributed by atoms with E-state index in [0.717, 1.165) is 45.1 Å². The van der Waals surface area contributed by atoms with Crippen molar-refractivity contribution in [1.29, 1.82) is 0 Å². The second kappa shape index (κ2) is 8.72. The van der Waals surface area contributed by atoms with Crippen LogP contribution in [0.4, 0.5) is 5.82 Å². The molecule has 1 aliphatic rings. The van der Waals surface area contributed by atoms with Crippen molar-refractivity contribution < 1.29 is 4.74 Å². The van der Waals surface area contributed by atoms with Crippen molar-refractivity contribution in [2.24, 2.45) is 0 Å². The van der Waals surface area contributed by atoms with Gasteiger partial charge in [0.2, 0.25) is 0 Å². The van der Waals surface area contributed by atoms with Gasteiger partial charge in [-0.2, -0.15) is 0 Å². The standard InChI is InChI=1S/C16H25N3O/c1-2-3-13-20-14-10-17-15-7-11-19(12-8-15)16-6-4-5-9-18-16/h2,4-6,9,15,17H,1,3,7-8,10-14H2. The van der Waals surface area contributed by atoms with Crippen LogP contribution in [0, 0.1) is 0 Å². The summed E-state index contributed by atoms with van der Waals surface area (Å²) in [6.07, 6.45) is 7.02. The minimum absolute atomic E-state index is 0.609. The van der Waals surface area contributed by atoms with Gasteiger partial charge in [-0.05, 0) is 31.4 Å². The lowest BCUT2D eigenvalue weighted by atomic mass is 10.1. The molecule has 1 N–H and O–H groups in total. The fourth-order valence-corrected chi connectivity index (χ4v) is 2.46. The van der Waals surface area contributed by atoms with Gasteiger partial charge < -0.3 is 15.0 Å². The monoisotopic (exact) mass is 275 g/mol. The topological polar surface area (TPSA) is 37.4 Å². The number of pyridine rings is 1. The highest BCUT2D eigenvalue weighted by atomic mass is 16.5. The third kappa shape index (κ3) is 4.94. The fourth-order valence-electron chi connectivity index (χ4n) is 2.46. The van der Waals surface area contributed by atoms with Crippen LogP contribution >= 0.6 is 0 Å². The molecule has 0 aromatic carbocycles. The number of rotatable bonds is 8. The van der Waals surface area contributed by atoms with Gasteiger partial charge >= 0.3 is 0 Å². The summed E-state index contributed by atoms with van der Waals surface area (Å²) in [4.78, 5) is 6.77. The predicted molar refractivity (Wildman–Crippen MR) is 83.1 cm³/mol. The van der Waals surface area contributed by atoms with Crippen molar-refractivity contribution in [3.8, 4) is 0 Å². The summed E-state index contributed by atoms with van der Waals surface area (Å²) >= 11 is 0. The van der Waals surface area contributed by atoms with Gasteiger partial charge in [-0.25, -0.2) is 4.98 Å². The van der Waals surface area contributed by atoms with E-state index < -0.39 is 0 Å². The summed E-state index contributed by atoms with van der Waals surface area (Å²) < 4.78 is 5.50. The molecule has 4 heteroatoms. The molecule has 20 heavy (non-hydrogen) atoms. The molecule has 1 aromatic rings. The third-order valence-corrected chi connectivity index (χ3v) is 3.61. The molecule has 0 unspecified atom stereocenters. The molecule has 1 aromatic heterocycles. The molecule has 0 saturated carbocycles. The Morgan fingerprint density at radius 1 is 1.35 bits per heavy atom. The third-order valence-electron chi connectivity index (χ3n) is 3.61. The van der Waals surface area contributed by atoms with E-state index in [1.165, 1.54) is 12.8 Å². The first-order valence-electron chi connectivity index (χ1n) is 7.48. The minimum Gasteiger partial charge on any atom is -0.380 e. The van der Waals surface area contributed by atoms with Crippen LogP contribution in [0.3, 0.4) is 0 Å². The highest BCUT2D eigenvalue weighted by Gasteiger charge is 2.19. The Morgan fingerprint density at radius 2 is 2.20 bits per heavy atom. The van der Waals surface area contributed by atoms with Gasteiger partial charge in [0.05, 0.1) is 13.2 Å². The zero-order chi connectivity index (χ0) is 14.0. The van der Waals surface area contributed by atoms with Crippen LogP contribution in [0.1, 0.15) is 19.3 Å². The molecule has 0 aliphatic carbocycles. The van der Waals surface area contributed by atoms with Crippen LogP contribution in [-0.2, 0) is 4.74 Å². The second-order valence-electron chi connectivity index (χ2n) is 5.09. The molecular weight excluding hydrogens is 250 g/mol. The molecule has 2 rings (SSSR count). The van der Waals surface area contributed by atoms with Gasteiger partial charge in [0, 0.05) is 31.9 Å². The minimum atomic E-state index is 0.609. The van der Waals surface area contributed by atoms with Gasteiger partial charge in [-0.15, -0.1) is 6.58 Å². The fraction of sp³-hybridized carbons (Fsp3) is 0.562. The molecular formula is C16H25N3O. The van der Waals surface area contributed by atoms with Crippen molar-refractivity contribution in [3.63, 3.8) is 0 Å². The Labute approximate surface area is 121 Å². The first-order valence-corrected chi connectivity index (χ1v) is 7.48. The Balaban J connectivity index is 1.59. The number of piperidine rings is 1. The normalized spacial score (nSPS) is 16.3. The zero-order valence-corrected chi connectivity index (χ0v) is 12.1. The molecule has 1 saturated heterocycles. The van der Waals surface area contributed by atoms with Crippen molar-refractivity contribution in [3.05, 3.63) is 37.1 Å². The predicted octanol–water partition coefficient (Wildman–Crippen LogP) is 2.23. The Bertz CT molecular complexity index is 375. The summed E-state index contributed by atoms with van der Waals surface area (Å²) in [5.41, 5.74) is 0. The van der Waals surface area contributed by atoms with Gasteiger partial charge in [0.1, 0.15) is 5.82 Å². The maximum atomic E-state index is 5.50. The number of hydrogen-bond donors (Lipinski definition) is 1. The summed E-state index contributed by atoms with van der Waals surface area (Å²) in [5, 5.41) is 3.57. The molecule has 0 radical (unpaired) electrons. The average Bonchev–Trinajstić information content (AvgIpc) is 2.52. The highest BCUT2D eigenvalue weighted by molar-refractivity contribution is 5.38. The van der Waals surface area contributed by atoms with E-state index in [4.69, 9.17) is 4.74 Å². The van der Waals surface area contributed by atoms with Gasteiger partial charge in [0.15, 0.2) is 0 Å². The maximum absolute atomic E-state index is 5.50. The Kier molecular flexibility index (Phi) is 6.54. The lowest BCUT2D eigenvalue weighted by molar-refractivity contribution is 0.137. The number of aromatic nitrogens is 1. The first-order chi connectivity index (χ1) is 9.90. The molecule has 0 amide bonds. The van der Waals surface area contributed by atoms with E-state index in [0.29, 0.717) is 6.04 Å². The summed E-state index contributed by atoms with van der Waals surface area (Å²) in [7, 11) is 0. The summed E-state index contributed by atoms with van der Waals surface area (Å²) in [6.45, 7) is 8.33. The molecule has 0 spiro atoms. The number of ether oxygens (including phenoxy) is 1. The molecule has 0 bridgehead atoms. The summed E-state index contributed by atoms with van der Waals surface area (Å²) in [6, 6.07) is 6.71. The van der Waals surface area contributed by atoms with E-state index in [1.54, 1.807) is 0 Å². The second-order valence-corrected chi connectivity index (χ2v) is 5.09. The van der Waals surface area contributed by atoms with Crippen molar-refractivity contribution >= 4 is 5.82 Å². The van der Waals surface area contributed by atoms with Gasteiger partial charge in [-0.3, -0.25) is 0 Å². The maximum Gasteiger partial charge on any atom is 0.128 e. The SMILES string of the molecule is C=CCCOCCNC1CCN(c2ccccn2)CC1. The van der Waals surface area contributed by atoms with Gasteiger partial charge in [0.25, 0.3) is 0 Å². The van der Waals surface area contributed by atoms with E-state index in [1.807, 2.05) is 24.4 Å². The summed E-state index contributed by atoms with van der Waals surface area (Å²) in [5.74, 6) is 1.10. The Hall–Kier alpha value is -1.39. The van der Waals surface area contributed by atoms with E-state index in [2.05, 4.69) is 27.8 Å². The van der Waals surface area contributed by atoms with Crippen LogP contribution in [0.15, 0.2) is 37.1 Å². The molecule has 4 nitrogen and oxygen atoms in total. The number of anilines is 1. The number of nitrogens with one attached hydrogen (secondary N) is 1. The molecule has 110 valence electrons. The number of hydrogen-bond acceptors (Lipinski definition) is 4. The molecule has 0 atom stereocenters. The van der Waals surface area contributed by atoms with Crippen LogP contribution in [0.5, 0.6) is 0 Å². The molecule has 1 fully saturated rings. The number of nitrogens with zero attached hydrogens (tertiary/aromatic N) is 2. The highest BCUT2D eigenvalue weighted by Crippen LogP contribution is 2.16. The smallest absolute Gasteiger partial charge is 0.128 e. The lowest BCUT2D eigenvalue weighted by Gasteiger charge is -2.33. The van der Waals surface area contributed by atoms with E-state index >= 15 is 0 Å². The first kappa shape index (κ1) is 15.0. The van der Waals surface area contributed by atoms with E-state index in [9.17, 15) is 0 Å². The van der Waals surface area contributed by atoms with Crippen molar-refractivity contribution in [2.45, 2.75) is 25.3 Å². The van der Waals surface area contributed by atoms with Crippen LogP contribution in [-0.4, -0.2) is 43.9 Å². The molecule has 1 aliphatic heterocycles. The molecule has 2 heterocycles. The zero-order valence-electron chi connectivity index (χ0n) is 12.1. The van der Waals surface area contributed by atoms with Crippen molar-refractivity contribution in [1.82, 2.24) is 10.3 Å². The van der Waals surface area contributed by atoms with Crippen LogP contribution in [0.25, 0.3) is 0 Å². The largest absolute Gasteiger partial charge is 0.380 e. The van der Waals surface area contributed by atoms with Gasteiger partial charge in [-0.1, -0.05) is 12.1 Å². The van der Waals surface area contributed by atoms with E-state index in [-0.39, 0.29) is 0 Å². The lowest BCUT2D eigenvalue weighted by Crippen LogP contribution is -2.43.